The number of rotatable bonds is 5. The smallest absolute Gasteiger partial charge is 0.325 e. The van der Waals surface area contributed by atoms with E-state index in [1.54, 1.807) is 13.3 Å². The highest BCUT2D eigenvalue weighted by Crippen LogP contribution is 2.51. The summed E-state index contributed by atoms with van der Waals surface area (Å²) in [5.74, 6) is 0.817. The zero-order valence-corrected chi connectivity index (χ0v) is 16.6. The predicted octanol–water partition coefficient (Wildman–Crippen LogP) is 4.62. The quantitative estimate of drug-likeness (QED) is 0.694. The number of amides is 2. The van der Waals surface area contributed by atoms with Gasteiger partial charge < -0.3 is 9.64 Å². The highest BCUT2D eigenvalue weighted by Gasteiger charge is 2.59. The summed E-state index contributed by atoms with van der Waals surface area (Å²) in [5.41, 5.74) is 4.10. The van der Waals surface area contributed by atoms with Crippen molar-refractivity contribution in [2.45, 2.75) is 31.3 Å². The summed E-state index contributed by atoms with van der Waals surface area (Å²) in [7, 11) is 1.67. The molecule has 0 bridgehead atoms. The van der Waals surface area contributed by atoms with Gasteiger partial charge in [-0.15, -0.1) is 0 Å². The molecular formula is C23H24N4O2. The zero-order chi connectivity index (χ0) is 20.0. The molecule has 1 aromatic heterocycles. The standard InChI is InChI=1S/C23H24N4O2/c1-16(18-4-3-5-21(12-18)29-2)27-22(28)26(15-23(27)10-11-23)20-8-6-17(7-9-20)19-13-24-25-14-19/h3-9,12-14,16H,10-11,15H2,1-2H3,(H,24,25). The summed E-state index contributed by atoms with van der Waals surface area (Å²) < 4.78 is 5.37. The lowest BCUT2D eigenvalue weighted by molar-refractivity contribution is 0.175. The lowest BCUT2D eigenvalue weighted by atomic mass is 10.0. The minimum absolute atomic E-state index is 0.00435. The van der Waals surface area contributed by atoms with Gasteiger partial charge in [-0.3, -0.25) is 10.00 Å². The third-order valence-corrected chi connectivity index (χ3v) is 6.20. The van der Waals surface area contributed by atoms with Crippen molar-refractivity contribution < 1.29 is 9.53 Å². The molecule has 6 heteroatoms. The largest absolute Gasteiger partial charge is 0.497 e. The molecule has 1 atom stereocenters. The number of hydrogen-bond acceptors (Lipinski definition) is 3. The SMILES string of the molecule is COc1cccc(C(C)N2C(=O)N(c3ccc(-c4cn[nH]c4)cc3)CC23CC3)c1. The van der Waals surface area contributed by atoms with E-state index in [9.17, 15) is 4.79 Å². The van der Waals surface area contributed by atoms with Gasteiger partial charge in [0, 0.05) is 17.4 Å². The van der Waals surface area contributed by atoms with E-state index in [4.69, 9.17) is 4.74 Å². The molecule has 1 saturated heterocycles. The summed E-state index contributed by atoms with van der Waals surface area (Å²) in [4.78, 5) is 17.4. The summed E-state index contributed by atoms with van der Waals surface area (Å²) in [6.45, 7) is 2.85. The first kappa shape index (κ1) is 17.8. The van der Waals surface area contributed by atoms with Crippen LogP contribution in [0.3, 0.4) is 0 Å². The van der Waals surface area contributed by atoms with Crippen molar-refractivity contribution in [2.75, 3.05) is 18.6 Å². The van der Waals surface area contributed by atoms with Crippen LogP contribution in [0.2, 0.25) is 0 Å². The lowest BCUT2D eigenvalue weighted by Crippen LogP contribution is -2.38. The van der Waals surface area contributed by atoms with Crippen LogP contribution in [0, 0.1) is 0 Å². The minimum atomic E-state index is -0.0528. The molecule has 1 N–H and O–H groups in total. The van der Waals surface area contributed by atoms with Gasteiger partial charge in [-0.25, -0.2) is 4.79 Å². The molecule has 2 fully saturated rings. The Morgan fingerprint density at radius 3 is 2.59 bits per heavy atom. The van der Waals surface area contributed by atoms with Crippen LogP contribution >= 0.6 is 0 Å². The van der Waals surface area contributed by atoms with Crippen molar-refractivity contribution in [1.29, 1.82) is 0 Å². The molecule has 2 amide bonds. The van der Waals surface area contributed by atoms with Crippen molar-refractivity contribution in [3.63, 3.8) is 0 Å². The summed E-state index contributed by atoms with van der Waals surface area (Å²) in [5, 5.41) is 6.84. The number of aromatic amines is 1. The normalized spacial score (nSPS) is 18.3. The van der Waals surface area contributed by atoms with Crippen LogP contribution in [-0.2, 0) is 0 Å². The van der Waals surface area contributed by atoms with Crippen LogP contribution in [0.15, 0.2) is 60.9 Å². The Balaban J connectivity index is 1.42. The van der Waals surface area contributed by atoms with Gasteiger partial charge in [0.15, 0.2) is 0 Å². The second-order valence-electron chi connectivity index (χ2n) is 7.95. The summed E-state index contributed by atoms with van der Waals surface area (Å²) >= 11 is 0. The number of ether oxygens (including phenoxy) is 1. The van der Waals surface area contributed by atoms with Gasteiger partial charge in [-0.05, 0) is 55.2 Å². The molecule has 2 aliphatic rings. The summed E-state index contributed by atoms with van der Waals surface area (Å²) in [6, 6.07) is 16.2. The van der Waals surface area contributed by atoms with Gasteiger partial charge in [-0.1, -0.05) is 24.3 Å². The Morgan fingerprint density at radius 1 is 1.14 bits per heavy atom. The van der Waals surface area contributed by atoms with Crippen LogP contribution in [0.25, 0.3) is 11.1 Å². The predicted molar refractivity (Wildman–Crippen MR) is 112 cm³/mol. The third-order valence-electron chi connectivity index (χ3n) is 6.20. The number of aromatic nitrogens is 2. The molecular weight excluding hydrogens is 364 g/mol. The maximum Gasteiger partial charge on any atom is 0.325 e. The monoisotopic (exact) mass is 388 g/mol. The second kappa shape index (κ2) is 6.65. The first-order valence-corrected chi connectivity index (χ1v) is 9.95. The van der Waals surface area contributed by atoms with Crippen molar-refractivity contribution in [3.05, 3.63) is 66.5 Å². The number of methoxy groups -OCH3 is 1. The lowest BCUT2D eigenvalue weighted by Gasteiger charge is -2.30. The fourth-order valence-corrected chi connectivity index (χ4v) is 4.39. The van der Waals surface area contributed by atoms with E-state index in [1.165, 1.54) is 0 Å². The molecule has 1 unspecified atom stereocenters. The average Bonchev–Trinajstić information content (AvgIpc) is 3.20. The van der Waals surface area contributed by atoms with Crippen LogP contribution < -0.4 is 9.64 Å². The molecule has 29 heavy (non-hydrogen) atoms. The van der Waals surface area contributed by atoms with E-state index in [2.05, 4.69) is 28.1 Å². The van der Waals surface area contributed by atoms with Crippen LogP contribution in [0.4, 0.5) is 10.5 Å². The van der Waals surface area contributed by atoms with Gasteiger partial charge in [-0.2, -0.15) is 5.10 Å². The number of H-pyrrole nitrogens is 1. The molecule has 1 aliphatic carbocycles. The maximum atomic E-state index is 13.5. The number of nitrogens with zero attached hydrogens (tertiary/aromatic N) is 3. The van der Waals surface area contributed by atoms with Crippen LogP contribution in [0.5, 0.6) is 5.75 Å². The molecule has 0 radical (unpaired) electrons. The molecule has 148 valence electrons. The second-order valence-corrected chi connectivity index (χ2v) is 7.95. The first-order chi connectivity index (χ1) is 14.1. The van der Waals surface area contributed by atoms with Crippen LogP contribution in [0.1, 0.15) is 31.4 Å². The van der Waals surface area contributed by atoms with Gasteiger partial charge in [0.1, 0.15) is 5.75 Å². The number of benzene rings is 2. The summed E-state index contributed by atoms with van der Waals surface area (Å²) in [6.07, 6.45) is 5.77. The highest BCUT2D eigenvalue weighted by molar-refractivity contribution is 5.96. The van der Waals surface area contributed by atoms with Gasteiger partial charge >= 0.3 is 6.03 Å². The van der Waals surface area contributed by atoms with E-state index in [0.717, 1.165) is 47.5 Å². The third kappa shape index (κ3) is 2.95. The van der Waals surface area contributed by atoms with E-state index in [-0.39, 0.29) is 17.6 Å². The fraction of sp³-hybridized carbons (Fsp3) is 0.304. The molecule has 1 spiro atoms. The Labute approximate surface area is 170 Å². The molecule has 2 heterocycles. The van der Waals surface area contributed by atoms with Crippen molar-refractivity contribution in [1.82, 2.24) is 15.1 Å². The maximum absolute atomic E-state index is 13.5. The number of hydrogen-bond donors (Lipinski definition) is 1. The van der Waals surface area contributed by atoms with E-state index in [0.29, 0.717) is 0 Å². The molecule has 2 aromatic carbocycles. The highest BCUT2D eigenvalue weighted by atomic mass is 16.5. The number of carbonyl (C=O) groups excluding carboxylic acids is 1. The Bertz CT molecular complexity index is 1030. The molecule has 1 saturated carbocycles. The van der Waals surface area contributed by atoms with Gasteiger partial charge in [0.25, 0.3) is 0 Å². The topological polar surface area (TPSA) is 61.5 Å². The number of nitrogens with one attached hydrogen (secondary N) is 1. The van der Waals surface area contributed by atoms with Gasteiger partial charge in [0.2, 0.25) is 0 Å². The van der Waals surface area contributed by atoms with Crippen molar-refractivity contribution >= 4 is 11.7 Å². The van der Waals surface area contributed by atoms with E-state index < -0.39 is 0 Å². The molecule has 1 aliphatic heterocycles. The molecule has 6 nitrogen and oxygen atoms in total. The van der Waals surface area contributed by atoms with Crippen molar-refractivity contribution in [3.8, 4) is 16.9 Å². The first-order valence-electron chi connectivity index (χ1n) is 9.95. The molecule has 5 rings (SSSR count). The Morgan fingerprint density at radius 2 is 1.93 bits per heavy atom. The Kier molecular flexibility index (Phi) is 4.08. The zero-order valence-electron chi connectivity index (χ0n) is 16.6. The van der Waals surface area contributed by atoms with Crippen molar-refractivity contribution in [2.24, 2.45) is 0 Å². The molecule has 3 aromatic rings. The number of urea groups is 1. The minimum Gasteiger partial charge on any atom is -0.497 e. The van der Waals surface area contributed by atoms with E-state index in [1.807, 2.05) is 53.6 Å². The number of carbonyl (C=O) groups is 1. The van der Waals surface area contributed by atoms with Gasteiger partial charge in [0.05, 0.1) is 31.4 Å². The number of anilines is 1. The van der Waals surface area contributed by atoms with E-state index >= 15 is 0 Å². The Hall–Kier alpha value is -3.28. The fourth-order valence-electron chi connectivity index (χ4n) is 4.39. The van der Waals surface area contributed by atoms with Crippen LogP contribution in [-0.4, -0.2) is 40.3 Å². The average molecular weight is 388 g/mol.